The molecule has 1 aliphatic rings. The average Bonchev–Trinajstić information content (AvgIpc) is 2.96. The van der Waals surface area contributed by atoms with E-state index in [0.29, 0.717) is 11.4 Å². The van der Waals surface area contributed by atoms with Gasteiger partial charge >= 0.3 is 0 Å². The van der Waals surface area contributed by atoms with Crippen molar-refractivity contribution in [2.75, 3.05) is 18.4 Å². The van der Waals surface area contributed by atoms with Gasteiger partial charge in [-0.1, -0.05) is 30.3 Å². The van der Waals surface area contributed by atoms with Crippen molar-refractivity contribution in [3.63, 3.8) is 0 Å². The summed E-state index contributed by atoms with van der Waals surface area (Å²) in [6.07, 6.45) is 5.03. The summed E-state index contributed by atoms with van der Waals surface area (Å²) in [5, 5.41) is 6.98. The van der Waals surface area contributed by atoms with Gasteiger partial charge in [-0.25, -0.2) is 0 Å². The highest BCUT2D eigenvalue weighted by molar-refractivity contribution is 6.02. The first-order chi connectivity index (χ1) is 11.6. The molecule has 2 amide bonds. The standard InChI is InChI=1S/C18H22N4O2/c1-21-17(18(24)22-10-6-3-7-11-22)15(13-19-21)20-16(23)12-14-8-4-2-5-9-14/h2,4-5,8-9,13H,3,6-7,10-12H2,1H3,(H,20,23). The predicted molar refractivity (Wildman–Crippen MR) is 91.7 cm³/mol. The fourth-order valence-electron chi connectivity index (χ4n) is 3.01. The van der Waals surface area contributed by atoms with E-state index >= 15 is 0 Å². The van der Waals surface area contributed by atoms with Crippen molar-refractivity contribution in [3.05, 3.63) is 47.8 Å². The number of benzene rings is 1. The minimum Gasteiger partial charge on any atom is -0.337 e. The van der Waals surface area contributed by atoms with Crippen LogP contribution in [0.1, 0.15) is 35.3 Å². The highest BCUT2D eigenvalue weighted by atomic mass is 16.2. The van der Waals surface area contributed by atoms with Crippen LogP contribution in [-0.2, 0) is 18.3 Å². The van der Waals surface area contributed by atoms with E-state index < -0.39 is 0 Å². The van der Waals surface area contributed by atoms with E-state index in [9.17, 15) is 9.59 Å². The number of nitrogens with one attached hydrogen (secondary N) is 1. The SMILES string of the molecule is Cn1ncc(NC(=O)Cc2ccccc2)c1C(=O)N1CCCCC1. The maximum absolute atomic E-state index is 12.8. The topological polar surface area (TPSA) is 67.2 Å². The second kappa shape index (κ2) is 7.29. The summed E-state index contributed by atoms with van der Waals surface area (Å²) in [4.78, 5) is 26.9. The van der Waals surface area contributed by atoms with Crippen LogP contribution < -0.4 is 5.32 Å². The van der Waals surface area contributed by atoms with Crippen LogP contribution in [0.2, 0.25) is 0 Å². The summed E-state index contributed by atoms with van der Waals surface area (Å²) in [5.41, 5.74) is 1.86. The zero-order chi connectivity index (χ0) is 16.9. The first-order valence-electron chi connectivity index (χ1n) is 8.30. The Balaban J connectivity index is 1.72. The van der Waals surface area contributed by atoms with Gasteiger partial charge in [0.05, 0.1) is 18.3 Å². The van der Waals surface area contributed by atoms with Crippen molar-refractivity contribution >= 4 is 17.5 Å². The van der Waals surface area contributed by atoms with Crippen LogP contribution >= 0.6 is 0 Å². The zero-order valence-electron chi connectivity index (χ0n) is 13.9. The molecule has 1 fully saturated rings. The molecule has 1 aromatic heterocycles. The van der Waals surface area contributed by atoms with Crippen molar-refractivity contribution in [3.8, 4) is 0 Å². The highest BCUT2D eigenvalue weighted by Gasteiger charge is 2.25. The molecule has 0 atom stereocenters. The fourth-order valence-corrected chi connectivity index (χ4v) is 3.01. The Morgan fingerprint density at radius 2 is 1.83 bits per heavy atom. The molecule has 0 radical (unpaired) electrons. The molecule has 1 saturated heterocycles. The number of piperidine rings is 1. The molecule has 2 aromatic rings. The minimum absolute atomic E-state index is 0.0651. The smallest absolute Gasteiger partial charge is 0.274 e. The summed E-state index contributed by atoms with van der Waals surface area (Å²) < 4.78 is 1.54. The van der Waals surface area contributed by atoms with Crippen molar-refractivity contribution < 1.29 is 9.59 Å². The number of carbonyl (C=O) groups is 2. The number of carbonyl (C=O) groups excluding carboxylic acids is 2. The largest absolute Gasteiger partial charge is 0.337 e. The van der Waals surface area contributed by atoms with Crippen LogP contribution in [0.3, 0.4) is 0 Å². The summed E-state index contributed by atoms with van der Waals surface area (Å²) in [6, 6.07) is 9.53. The molecule has 6 nitrogen and oxygen atoms in total. The van der Waals surface area contributed by atoms with E-state index in [4.69, 9.17) is 0 Å². The Morgan fingerprint density at radius 3 is 2.54 bits per heavy atom. The number of likely N-dealkylation sites (tertiary alicyclic amines) is 1. The Kier molecular flexibility index (Phi) is 4.93. The maximum atomic E-state index is 12.8. The molecule has 2 heterocycles. The van der Waals surface area contributed by atoms with Crippen LogP contribution in [0.5, 0.6) is 0 Å². The van der Waals surface area contributed by atoms with Gasteiger partial charge in [-0.3, -0.25) is 14.3 Å². The number of anilines is 1. The van der Waals surface area contributed by atoms with Crippen LogP contribution in [0.4, 0.5) is 5.69 Å². The molecule has 126 valence electrons. The summed E-state index contributed by atoms with van der Waals surface area (Å²) in [6.45, 7) is 1.53. The lowest BCUT2D eigenvalue weighted by Crippen LogP contribution is -2.37. The van der Waals surface area contributed by atoms with Crippen molar-refractivity contribution in [2.45, 2.75) is 25.7 Å². The molecule has 6 heteroatoms. The van der Waals surface area contributed by atoms with E-state index in [2.05, 4.69) is 10.4 Å². The van der Waals surface area contributed by atoms with Gasteiger partial charge in [0.25, 0.3) is 5.91 Å². The fraction of sp³-hybridized carbons (Fsp3) is 0.389. The Morgan fingerprint density at radius 1 is 1.12 bits per heavy atom. The second-order valence-electron chi connectivity index (χ2n) is 6.09. The van der Waals surface area contributed by atoms with Crippen LogP contribution in [0.25, 0.3) is 0 Å². The first-order valence-corrected chi connectivity index (χ1v) is 8.30. The number of aromatic nitrogens is 2. The van der Waals surface area contributed by atoms with Gasteiger partial charge in [-0.15, -0.1) is 0 Å². The summed E-state index contributed by atoms with van der Waals surface area (Å²) in [5.74, 6) is -0.216. The van der Waals surface area contributed by atoms with Gasteiger partial charge < -0.3 is 10.2 Å². The van der Waals surface area contributed by atoms with E-state index in [-0.39, 0.29) is 18.2 Å². The quantitative estimate of drug-likeness (QED) is 0.937. The number of hydrogen-bond donors (Lipinski definition) is 1. The van der Waals surface area contributed by atoms with E-state index in [0.717, 1.165) is 37.9 Å². The second-order valence-corrected chi connectivity index (χ2v) is 6.09. The molecule has 1 aromatic carbocycles. The van der Waals surface area contributed by atoms with Gasteiger partial charge in [-0.05, 0) is 24.8 Å². The third-order valence-corrected chi connectivity index (χ3v) is 4.27. The maximum Gasteiger partial charge on any atom is 0.274 e. The normalized spacial score (nSPS) is 14.5. The number of nitrogens with zero attached hydrogens (tertiary/aromatic N) is 3. The van der Waals surface area contributed by atoms with E-state index in [1.807, 2.05) is 35.2 Å². The summed E-state index contributed by atoms with van der Waals surface area (Å²) >= 11 is 0. The van der Waals surface area contributed by atoms with Crippen molar-refractivity contribution in [1.29, 1.82) is 0 Å². The van der Waals surface area contributed by atoms with Crippen molar-refractivity contribution in [1.82, 2.24) is 14.7 Å². The van der Waals surface area contributed by atoms with Gasteiger partial charge in [0, 0.05) is 20.1 Å². The Labute approximate surface area is 141 Å². The zero-order valence-corrected chi connectivity index (χ0v) is 13.9. The molecular weight excluding hydrogens is 304 g/mol. The van der Waals surface area contributed by atoms with Crippen LogP contribution in [0, 0.1) is 0 Å². The third-order valence-electron chi connectivity index (χ3n) is 4.27. The lowest BCUT2D eigenvalue weighted by Gasteiger charge is -2.27. The van der Waals surface area contributed by atoms with Gasteiger partial charge in [0.15, 0.2) is 0 Å². The van der Waals surface area contributed by atoms with E-state index in [1.165, 1.54) is 4.68 Å². The van der Waals surface area contributed by atoms with Crippen LogP contribution in [0.15, 0.2) is 36.5 Å². The molecule has 0 saturated carbocycles. The van der Waals surface area contributed by atoms with Gasteiger partial charge in [-0.2, -0.15) is 5.10 Å². The lowest BCUT2D eigenvalue weighted by molar-refractivity contribution is -0.115. The van der Waals surface area contributed by atoms with E-state index in [1.54, 1.807) is 13.2 Å². The molecule has 0 spiro atoms. The average molecular weight is 326 g/mol. The molecule has 1 N–H and O–H groups in total. The number of rotatable bonds is 4. The molecule has 0 bridgehead atoms. The number of aryl methyl sites for hydroxylation is 1. The molecule has 1 aliphatic heterocycles. The Bertz CT molecular complexity index is 718. The first kappa shape index (κ1) is 16.2. The number of hydrogen-bond acceptors (Lipinski definition) is 3. The molecule has 0 unspecified atom stereocenters. The monoisotopic (exact) mass is 326 g/mol. The summed E-state index contributed by atoms with van der Waals surface area (Å²) in [7, 11) is 1.73. The predicted octanol–water partition coefficient (Wildman–Crippen LogP) is 2.23. The molecule has 24 heavy (non-hydrogen) atoms. The molecular formula is C18H22N4O2. The van der Waals surface area contributed by atoms with Gasteiger partial charge in [0.2, 0.25) is 5.91 Å². The van der Waals surface area contributed by atoms with Crippen molar-refractivity contribution in [2.24, 2.45) is 7.05 Å². The minimum atomic E-state index is -0.151. The molecule has 3 rings (SSSR count). The lowest BCUT2D eigenvalue weighted by atomic mass is 10.1. The third kappa shape index (κ3) is 3.64. The van der Waals surface area contributed by atoms with Crippen LogP contribution in [-0.4, -0.2) is 39.6 Å². The highest BCUT2D eigenvalue weighted by Crippen LogP contribution is 2.19. The molecule has 0 aliphatic carbocycles. The number of amides is 2. The Hall–Kier alpha value is -2.63. The van der Waals surface area contributed by atoms with Gasteiger partial charge in [0.1, 0.15) is 5.69 Å².